The van der Waals surface area contributed by atoms with E-state index in [0.29, 0.717) is 69.4 Å². The van der Waals surface area contributed by atoms with Crippen LogP contribution in [0.25, 0.3) is 65.7 Å². The summed E-state index contributed by atoms with van der Waals surface area (Å²) >= 11 is 0. The van der Waals surface area contributed by atoms with E-state index in [9.17, 15) is 19.2 Å². The van der Waals surface area contributed by atoms with Crippen molar-refractivity contribution in [2.45, 2.75) is 143 Å². The first-order chi connectivity index (χ1) is 37.9. The summed E-state index contributed by atoms with van der Waals surface area (Å²) in [6.07, 6.45) is 21.7. The Morgan fingerprint density at radius 2 is 0.779 bits per heavy atom. The summed E-state index contributed by atoms with van der Waals surface area (Å²) in [6.45, 7) is 9.84. The van der Waals surface area contributed by atoms with E-state index in [4.69, 9.17) is 14.2 Å². The van der Waals surface area contributed by atoms with E-state index >= 15 is 0 Å². The number of benzene rings is 8. The maximum absolute atomic E-state index is 13.7. The van der Waals surface area contributed by atoms with Crippen LogP contribution in [0.3, 0.4) is 0 Å². The molecule has 0 saturated heterocycles. The third-order valence-electron chi connectivity index (χ3n) is 15.1. The molecular weight excluding hydrogens is 953 g/mol. The molecule has 0 radical (unpaired) electrons. The van der Waals surface area contributed by atoms with Crippen LogP contribution in [-0.4, -0.2) is 38.4 Å². The fourth-order valence-corrected chi connectivity index (χ4v) is 11.0. The van der Waals surface area contributed by atoms with Crippen LogP contribution in [0.15, 0.2) is 121 Å². The minimum Gasteiger partial charge on any atom is -0.493 e. The molecule has 77 heavy (non-hydrogen) atoms. The number of hydrogen-bond acceptors (Lipinski definition) is 7. The molecule has 8 aromatic carbocycles. The monoisotopic (exact) mass is 1030 g/mol. The highest BCUT2D eigenvalue weighted by atomic mass is 16.5. The fourth-order valence-electron chi connectivity index (χ4n) is 11.0. The molecule has 8 rings (SSSR count). The zero-order chi connectivity index (χ0) is 53.9. The van der Waals surface area contributed by atoms with Crippen LogP contribution in [0.5, 0.6) is 23.0 Å². The van der Waals surface area contributed by atoms with Crippen LogP contribution in [0.4, 0.5) is 0 Å². The number of carbonyl (C=O) groups excluding carboxylic acids is 4. The Morgan fingerprint density at radius 1 is 0.351 bits per heavy atom. The fraction of sp³-hybridized carbons (Fsp3) is 0.343. The zero-order valence-electron chi connectivity index (χ0n) is 45.9. The summed E-state index contributed by atoms with van der Waals surface area (Å²) in [6, 6.07) is 39.8. The second-order valence-corrected chi connectivity index (χ2v) is 20.6. The van der Waals surface area contributed by atoms with Gasteiger partial charge < -0.3 is 14.2 Å². The maximum atomic E-state index is 13.7. The van der Waals surface area contributed by atoms with Crippen molar-refractivity contribution < 1.29 is 33.4 Å². The molecule has 0 aliphatic rings. The van der Waals surface area contributed by atoms with E-state index in [1.165, 1.54) is 0 Å². The van der Waals surface area contributed by atoms with E-state index in [1.54, 1.807) is 12.1 Å². The van der Waals surface area contributed by atoms with Crippen LogP contribution in [0, 0.1) is 0 Å². The molecule has 0 amide bonds. The quantitative estimate of drug-likeness (QED) is 0.0316. The number of aldehydes is 4. The first kappa shape index (κ1) is 55.8. The molecular formula is C70H76O7. The third kappa shape index (κ3) is 13.1. The summed E-state index contributed by atoms with van der Waals surface area (Å²) in [5, 5.41) is 5.50. The van der Waals surface area contributed by atoms with Gasteiger partial charge in [-0.05, 0) is 135 Å². The Balaban J connectivity index is 1.31. The second kappa shape index (κ2) is 28.1. The van der Waals surface area contributed by atoms with E-state index in [2.05, 4.69) is 58.0 Å². The molecule has 0 aliphatic carbocycles. The molecule has 8 aromatic rings. The summed E-state index contributed by atoms with van der Waals surface area (Å²) in [5.41, 5.74) is 7.88. The molecule has 7 heteroatoms. The normalized spacial score (nSPS) is 11.3. The van der Waals surface area contributed by atoms with Crippen molar-refractivity contribution in [2.75, 3.05) is 13.2 Å². The highest BCUT2D eigenvalue weighted by Crippen LogP contribution is 2.47. The van der Waals surface area contributed by atoms with Crippen molar-refractivity contribution in [3.05, 3.63) is 155 Å². The van der Waals surface area contributed by atoms with E-state index in [1.807, 2.05) is 78.9 Å². The summed E-state index contributed by atoms with van der Waals surface area (Å²) in [5.74, 6) is 2.18. The second-order valence-electron chi connectivity index (χ2n) is 20.6. The number of fused-ring (bicyclic) bond motifs is 3. The van der Waals surface area contributed by atoms with Crippen molar-refractivity contribution in [1.82, 2.24) is 0 Å². The number of hydrogen-bond donors (Lipinski definition) is 0. The Labute approximate surface area is 456 Å². The minimum absolute atomic E-state index is 0.264. The summed E-state index contributed by atoms with van der Waals surface area (Å²) in [7, 11) is 0. The maximum Gasteiger partial charge on any atom is 0.153 e. The van der Waals surface area contributed by atoms with Gasteiger partial charge in [0, 0.05) is 33.2 Å². The van der Waals surface area contributed by atoms with Gasteiger partial charge in [-0.25, -0.2) is 0 Å². The first-order valence-electron chi connectivity index (χ1n) is 28.6. The van der Waals surface area contributed by atoms with Gasteiger partial charge in [-0.1, -0.05) is 190 Å². The van der Waals surface area contributed by atoms with Crippen LogP contribution < -0.4 is 14.2 Å². The van der Waals surface area contributed by atoms with E-state index in [0.717, 1.165) is 201 Å². The topological polar surface area (TPSA) is 96.0 Å². The van der Waals surface area contributed by atoms with Gasteiger partial charge in [-0.3, -0.25) is 19.2 Å². The number of aryl methyl sites for hydroxylation is 2. The predicted octanol–water partition coefficient (Wildman–Crippen LogP) is 19.4. The van der Waals surface area contributed by atoms with E-state index in [-0.39, 0.29) is 5.75 Å². The van der Waals surface area contributed by atoms with Gasteiger partial charge >= 0.3 is 0 Å². The van der Waals surface area contributed by atoms with Gasteiger partial charge in [0.2, 0.25) is 0 Å². The largest absolute Gasteiger partial charge is 0.493 e. The molecule has 0 bridgehead atoms. The van der Waals surface area contributed by atoms with Crippen molar-refractivity contribution >= 4 is 57.5 Å². The van der Waals surface area contributed by atoms with Gasteiger partial charge in [0.25, 0.3) is 0 Å². The molecule has 0 aliphatic heterocycles. The molecule has 0 heterocycles. The Morgan fingerprint density at radius 3 is 1.29 bits per heavy atom. The summed E-state index contributed by atoms with van der Waals surface area (Å²) < 4.78 is 20.1. The third-order valence-corrected chi connectivity index (χ3v) is 15.1. The van der Waals surface area contributed by atoms with Crippen LogP contribution in [0.1, 0.15) is 183 Å². The van der Waals surface area contributed by atoms with Gasteiger partial charge in [-0.2, -0.15) is 0 Å². The predicted molar refractivity (Wildman–Crippen MR) is 318 cm³/mol. The van der Waals surface area contributed by atoms with Crippen LogP contribution in [-0.2, 0) is 12.8 Å². The van der Waals surface area contributed by atoms with Gasteiger partial charge in [-0.15, -0.1) is 0 Å². The number of ether oxygens (including phenoxy) is 3. The Kier molecular flexibility index (Phi) is 20.4. The van der Waals surface area contributed by atoms with Crippen molar-refractivity contribution in [2.24, 2.45) is 0 Å². The van der Waals surface area contributed by atoms with Crippen LogP contribution in [0.2, 0.25) is 0 Å². The average Bonchev–Trinajstić information content (AvgIpc) is 3.54. The molecule has 0 aromatic heterocycles. The van der Waals surface area contributed by atoms with Crippen molar-refractivity contribution in [1.29, 1.82) is 0 Å². The molecule has 0 fully saturated rings. The Hall–Kier alpha value is -7.38. The van der Waals surface area contributed by atoms with Crippen molar-refractivity contribution in [3.8, 4) is 56.4 Å². The molecule has 0 N–H and O–H groups in total. The Bertz CT molecular complexity index is 3330. The number of rotatable bonds is 31. The molecule has 7 nitrogen and oxygen atoms in total. The standard InChI is InChI=1S/C70H76O7/c1-5-9-13-17-27-51-31-36-60-59(67(51)61-41-54(46-72)62(42-53(61)45-71)68-57-29-21-19-25-49(57)33-37-64(68)75-39-23-15-11-7-3)35-32-52(28-18-14-10-6-2)70(60)77-66-44-55(47-73)63(43-56(66)48-74)69-58-30-22-20-26-50(58)34-38-65(69)76-40-24-16-12-8-4/h19-22,25-26,29-38,41-48H,5-18,23-24,27-28,39-40H2,1-4H3. The smallest absolute Gasteiger partial charge is 0.153 e. The molecule has 0 saturated carbocycles. The molecule has 0 unspecified atom stereocenters. The van der Waals surface area contributed by atoms with Gasteiger partial charge in [0.15, 0.2) is 25.1 Å². The van der Waals surface area contributed by atoms with Gasteiger partial charge in [0.1, 0.15) is 23.0 Å². The highest BCUT2D eigenvalue weighted by Gasteiger charge is 2.25. The lowest BCUT2D eigenvalue weighted by Gasteiger charge is -2.22. The van der Waals surface area contributed by atoms with Crippen LogP contribution >= 0.6 is 0 Å². The minimum atomic E-state index is 0.264. The summed E-state index contributed by atoms with van der Waals surface area (Å²) in [4.78, 5) is 54.1. The molecule has 398 valence electrons. The average molecular weight is 1030 g/mol. The first-order valence-corrected chi connectivity index (χ1v) is 28.6. The lowest BCUT2D eigenvalue weighted by atomic mass is 9.84. The highest BCUT2D eigenvalue weighted by molar-refractivity contribution is 6.10. The van der Waals surface area contributed by atoms with Gasteiger partial charge in [0.05, 0.1) is 18.8 Å². The van der Waals surface area contributed by atoms with E-state index < -0.39 is 0 Å². The SMILES string of the molecule is CCCCCCOc1ccc2ccccc2c1-c1cc(C=O)c(Oc2c(CCCCCC)ccc3c(-c4cc(C=O)c(-c5c(OCCCCCC)ccc6ccccc56)cc4C=O)c(CCCCCC)ccc23)cc1C=O. The number of carbonyl (C=O) groups is 4. The molecule has 0 atom stereocenters. The van der Waals surface area contributed by atoms with Crippen molar-refractivity contribution in [3.63, 3.8) is 0 Å². The lowest BCUT2D eigenvalue weighted by Crippen LogP contribution is -2.04. The lowest BCUT2D eigenvalue weighted by molar-refractivity contribution is 0.111. The zero-order valence-corrected chi connectivity index (χ0v) is 45.9. The number of unbranched alkanes of at least 4 members (excludes halogenated alkanes) is 12. The molecule has 0 spiro atoms.